The minimum atomic E-state index is 0.00334. The monoisotopic (exact) mass is 447 g/mol. The molecule has 3 rings (SSSR count). The number of hydrogen-bond donors (Lipinski definition) is 0. The first-order chi connectivity index (χ1) is 12.9. The van der Waals surface area contributed by atoms with Gasteiger partial charge in [-0.1, -0.05) is 51.8 Å². The van der Waals surface area contributed by atoms with Gasteiger partial charge in [0.05, 0.1) is 23.6 Å². The van der Waals surface area contributed by atoms with Gasteiger partial charge in [-0.2, -0.15) is 0 Å². The lowest BCUT2D eigenvalue weighted by Gasteiger charge is -2.25. The summed E-state index contributed by atoms with van der Waals surface area (Å²) in [5, 5.41) is 8.69. The van der Waals surface area contributed by atoms with Gasteiger partial charge >= 0.3 is 0 Å². The Morgan fingerprint density at radius 1 is 1.15 bits per heavy atom. The molecule has 0 N–H and O–H groups in total. The highest BCUT2D eigenvalue weighted by atomic mass is 79.9. The number of nitrogens with zero attached hydrogens (tertiary/aromatic N) is 3. The topological polar surface area (TPSA) is 59.2 Å². The van der Waals surface area contributed by atoms with E-state index in [-0.39, 0.29) is 18.5 Å². The lowest BCUT2D eigenvalue weighted by atomic mass is 10.1. The molecule has 0 aliphatic heterocycles. The predicted octanol–water partition coefficient (Wildman–Crippen LogP) is 5.13. The van der Waals surface area contributed by atoms with Gasteiger partial charge in [-0.15, -0.1) is 10.2 Å². The second-order valence-electron chi connectivity index (χ2n) is 6.40. The molecule has 0 aliphatic rings. The van der Waals surface area contributed by atoms with Crippen LogP contribution in [0.2, 0.25) is 5.02 Å². The zero-order valence-electron chi connectivity index (χ0n) is 15.0. The van der Waals surface area contributed by atoms with E-state index in [2.05, 4.69) is 26.1 Å². The zero-order valence-corrected chi connectivity index (χ0v) is 17.4. The van der Waals surface area contributed by atoms with Crippen molar-refractivity contribution in [2.45, 2.75) is 32.9 Å². The fourth-order valence-corrected chi connectivity index (χ4v) is 3.12. The van der Waals surface area contributed by atoms with Gasteiger partial charge in [-0.05, 0) is 43.7 Å². The smallest absolute Gasteiger partial charge is 0.249 e. The number of aromatic nitrogens is 2. The van der Waals surface area contributed by atoms with Gasteiger partial charge in [0.1, 0.15) is 0 Å². The number of hydrogen-bond acceptors (Lipinski definition) is 4. The quantitative estimate of drug-likeness (QED) is 0.524. The molecule has 0 fully saturated rings. The maximum absolute atomic E-state index is 12.8. The van der Waals surface area contributed by atoms with Gasteiger partial charge in [-0.25, -0.2) is 0 Å². The maximum Gasteiger partial charge on any atom is 0.249 e. The largest absolute Gasteiger partial charge is 0.419 e. The number of carbonyl (C=O) groups is 1. The van der Waals surface area contributed by atoms with Gasteiger partial charge in [-0.3, -0.25) is 4.79 Å². The maximum atomic E-state index is 12.8. The molecular formula is C20H19BrClN3O2. The fourth-order valence-electron chi connectivity index (χ4n) is 2.64. The van der Waals surface area contributed by atoms with E-state index < -0.39 is 0 Å². The number of carbonyl (C=O) groups excluding carboxylic acids is 1. The molecule has 1 amide bonds. The van der Waals surface area contributed by atoms with E-state index in [4.69, 9.17) is 16.0 Å². The molecule has 1 heterocycles. The summed E-state index contributed by atoms with van der Waals surface area (Å²) in [6, 6.07) is 15.0. The van der Waals surface area contributed by atoms with Crippen LogP contribution in [0.25, 0.3) is 11.5 Å². The van der Waals surface area contributed by atoms with Crippen LogP contribution in [-0.4, -0.2) is 27.0 Å². The van der Waals surface area contributed by atoms with Crippen molar-refractivity contribution < 1.29 is 9.21 Å². The summed E-state index contributed by atoms with van der Waals surface area (Å²) in [5.74, 6) is 0.729. The van der Waals surface area contributed by atoms with E-state index in [9.17, 15) is 4.79 Å². The Hall–Kier alpha value is -2.18. The summed E-state index contributed by atoms with van der Waals surface area (Å²) in [5.41, 5.74) is 1.63. The second-order valence-corrected chi connectivity index (χ2v) is 7.72. The van der Waals surface area contributed by atoms with Crippen LogP contribution in [0.3, 0.4) is 0 Å². The van der Waals surface area contributed by atoms with Crippen LogP contribution in [0.15, 0.2) is 57.4 Å². The highest BCUT2D eigenvalue weighted by Crippen LogP contribution is 2.26. The highest BCUT2D eigenvalue weighted by molar-refractivity contribution is 9.10. The van der Waals surface area contributed by atoms with E-state index in [0.29, 0.717) is 28.8 Å². The van der Waals surface area contributed by atoms with Crippen molar-refractivity contribution >= 4 is 33.4 Å². The summed E-state index contributed by atoms with van der Waals surface area (Å²) in [6.45, 7) is 4.18. The Balaban J connectivity index is 1.74. The molecule has 0 atom stereocenters. The van der Waals surface area contributed by atoms with E-state index >= 15 is 0 Å². The molecule has 0 unspecified atom stereocenters. The third kappa shape index (κ3) is 4.96. The normalized spacial score (nSPS) is 11.0. The SMILES string of the molecule is CC(C)N(Cc1nnc(-c2ccccc2Cl)o1)C(=O)Cc1ccc(Br)cc1. The molecule has 0 bridgehead atoms. The Labute approximate surface area is 171 Å². The third-order valence-corrected chi connectivity index (χ3v) is 4.95. The van der Waals surface area contributed by atoms with Crippen molar-refractivity contribution in [3.8, 4) is 11.5 Å². The molecule has 27 heavy (non-hydrogen) atoms. The molecule has 1 aromatic heterocycles. The minimum Gasteiger partial charge on any atom is -0.419 e. The van der Waals surface area contributed by atoms with Gasteiger partial charge in [0.25, 0.3) is 0 Å². The summed E-state index contributed by atoms with van der Waals surface area (Å²) in [4.78, 5) is 14.5. The van der Waals surface area contributed by atoms with Crippen LogP contribution >= 0.6 is 27.5 Å². The van der Waals surface area contributed by atoms with E-state index in [1.165, 1.54) is 0 Å². The standard InChI is InChI=1S/C20H19BrClN3O2/c1-13(2)25(19(26)11-14-7-9-15(21)10-8-14)12-18-23-24-20(27-18)16-5-3-4-6-17(16)22/h3-10,13H,11-12H2,1-2H3. The summed E-state index contributed by atoms with van der Waals surface area (Å²) >= 11 is 9.58. The van der Waals surface area contributed by atoms with E-state index in [0.717, 1.165) is 10.0 Å². The minimum absolute atomic E-state index is 0.00334. The summed E-state index contributed by atoms with van der Waals surface area (Å²) < 4.78 is 6.72. The molecular weight excluding hydrogens is 430 g/mol. The fraction of sp³-hybridized carbons (Fsp3) is 0.250. The Morgan fingerprint density at radius 3 is 2.52 bits per heavy atom. The van der Waals surface area contributed by atoms with E-state index in [1.807, 2.05) is 56.3 Å². The van der Waals surface area contributed by atoms with Crippen molar-refractivity contribution in [1.29, 1.82) is 0 Å². The molecule has 0 radical (unpaired) electrons. The molecule has 3 aromatic rings. The van der Waals surface area contributed by atoms with Crippen LogP contribution in [0.5, 0.6) is 0 Å². The van der Waals surface area contributed by atoms with Crippen molar-refractivity contribution in [2.24, 2.45) is 0 Å². The molecule has 7 heteroatoms. The average molecular weight is 449 g/mol. The van der Waals surface area contributed by atoms with E-state index in [1.54, 1.807) is 11.0 Å². The van der Waals surface area contributed by atoms with Crippen molar-refractivity contribution in [2.75, 3.05) is 0 Å². The molecule has 5 nitrogen and oxygen atoms in total. The van der Waals surface area contributed by atoms with Crippen molar-refractivity contribution in [3.05, 3.63) is 69.5 Å². The second kappa shape index (κ2) is 8.67. The molecule has 0 saturated heterocycles. The Morgan fingerprint density at radius 2 is 1.85 bits per heavy atom. The first-order valence-corrected chi connectivity index (χ1v) is 9.72. The number of halogens is 2. The third-order valence-electron chi connectivity index (χ3n) is 4.09. The molecule has 0 saturated carbocycles. The first-order valence-electron chi connectivity index (χ1n) is 8.55. The van der Waals surface area contributed by atoms with Crippen LogP contribution in [0, 0.1) is 0 Å². The summed E-state index contributed by atoms with van der Waals surface area (Å²) in [7, 11) is 0. The van der Waals surface area contributed by atoms with Crippen LogP contribution in [0.4, 0.5) is 0 Å². The highest BCUT2D eigenvalue weighted by Gasteiger charge is 2.21. The lowest BCUT2D eigenvalue weighted by molar-refractivity contribution is -0.133. The van der Waals surface area contributed by atoms with Crippen molar-refractivity contribution in [1.82, 2.24) is 15.1 Å². The van der Waals surface area contributed by atoms with Crippen molar-refractivity contribution in [3.63, 3.8) is 0 Å². The molecule has 0 aliphatic carbocycles. The van der Waals surface area contributed by atoms with Gasteiger partial charge in [0.2, 0.25) is 17.7 Å². The van der Waals surface area contributed by atoms with Crippen LogP contribution in [0.1, 0.15) is 25.3 Å². The number of amides is 1. The zero-order chi connectivity index (χ0) is 19.4. The summed E-state index contributed by atoms with van der Waals surface area (Å²) in [6.07, 6.45) is 0.316. The van der Waals surface area contributed by atoms with Gasteiger partial charge in [0, 0.05) is 10.5 Å². The average Bonchev–Trinajstić information content (AvgIpc) is 3.10. The molecule has 0 spiro atoms. The first kappa shape index (κ1) is 19.6. The van der Waals surface area contributed by atoms with Gasteiger partial charge < -0.3 is 9.32 Å². The van der Waals surface area contributed by atoms with Crippen LogP contribution < -0.4 is 0 Å². The van der Waals surface area contributed by atoms with Crippen LogP contribution in [-0.2, 0) is 17.8 Å². The lowest BCUT2D eigenvalue weighted by Crippen LogP contribution is -2.37. The molecule has 2 aromatic carbocycles. The van der Waals surface area contributed by atoms with Gasteiger partial charge in [0.15, 0.2) is 0 Å². The molecule has 140 valence electrons. The number of rotatable bonds is 6. The predicted molar refractivity (Wildman–Crippen MR) is 108 cm³/mol. The number of benzene rings is 2. The Kier molecular flexibility index (Phi) is 6.29. The Bertz CT molecular complexity index is 925.